The number of anilines is 1. The van der Waals surface area contributed by atoms with E-state index in [0.717, 1.165) is 31.4 Å². The van der Waals surface area contributed by atoms with Crippen LogP contribution < -0.4 is 5.32 Å². The average molecular weight is 304 g/mol. The van der Waals surface area contributed by atoms with Gasteiger partial charge in [-0.25, -0.2) is 8.78 Å². The van der Waals surface area contributed by atoms with Gasteiger partial charge >= 0.3 is 0 Å². The van der Waals surface area contributed by atoms with E-state index >= 15 is 0 Å². The SMILES string of the molecule is COCCC1(C(=O)Nc2cc(F)c(F)cc2Cl)CCC1. The molecule has 1 aromatic carbocycles. The van der Waals surface area contributed by atoms with Crippen LogP contribution in [0.4, 0.5) is 14.5 Å². The maximum atomic E-state index is 13.2. The Bertz CT molecular complexity index is 518. The normalized spacial score (nSPS) is 16.6. The number of hydrogen-bond donors (Lipinski definition) is 1. The van der Waals surface area contributed by atoms with Gasteiger partial charge in [0.25, 0.3) is 0 Å². The van der Waals surface area contributed by atoms with E-state index in [2.05, 4.69) is 5.32 Å². The van der Waals surface area contributed by atoms with Gasteiger partial charge in [-0.15, -0.1) is 0 Å². The third-order valence-electron chi connectivity index (χ3n) is 3.84. The molecular formula is C14H16ClF2NO2. The second-order valence-corrected chi connectivity index (χ2v) is 5.48. The molecule has 1 fully saturated rings. The monoisotopic (exact) mass is 303 g/mol. The Hall–Kier alpha value is -1.20. The molecule has 0 atom stereocenters. The molecule has 1 amide bonds. The lowest BCUT2D eigenvalue weighted by Gasteiger charge is -2.40. The van der Waals surface area contributed by atoms with Gasteiger partial charge in [-0.3, -0.25) is 4.79 Å². The van der Waals surface area contributed by atoms with Crippen molar-refractivity contribution in [2.24, 2.45) is 5.41 Å². The number of hydrogen-bond acceptors (Lipinski definition) is 2. The molecule has 110 valence electrons. The van der Waals surface area contributed by atoms with Crippen molar-refractivity contribution in [1.82, 2.24) is 0 Å². The Kier molecular flexibility index (Phi) is 4.60. The standard InChI is InChI=1S/C14H16ClF2NO2/c1-20-6-5-14(3-2-4-14)13(19)18-12-8-11(17)10(16)7-9(12)15/h7-8H,2-6H2,1H3,(H,18,19). The van der Waals surface area contributed by atoms with Crippen molar-refractivity contribution in [3.8, 4) is 0 Å². The van der Waals surface area contributed by atoms with Gasteiger partial charge in [0.1, 0.15) is 0 Å². The van der Waals surface area contributed by atoms with Gasteiger partial charge in [0, 0.05) is 19.8 Å². The largest absolute Gasteiger partial charge is 0.385 e. The highest BCUT2D eigenvalue weighted by Crippen LogP contribution is 2.45. The Morgan fingerprint density at radius 2 is 2.05 bits per heavy atom. The van der Waals surface area contributed by atoms with E-state index in [0.29, 0.717) is 13.0 Å². The molecule has 0 heterocycles. The van der Waals surface area contributed by atoms with Crippen molar-refractivity contribution >= 4 is 23.2 Å². The summed E-state index contributed by atoms with van der Waals surface area (Å²) >= 11 is 5.82. The molecule has 0 radical (unpaired) electrons. The van der Waals surface area contributed by atoms with E-state index in [1.807, 2.05) is 0 Å². The van der Waals surface area contributed by atoms with Gasteiger partial charge in [-0.05, 0) is 25.3 Å². The molecule has 0 saturated heterocycles. The molecule has 0 bridgehead atoms. The predicted molar refractivity (Wildman–Crippen MR) is 72.8 cm³/mol. The van der Waals surface area contributed by atoms with Crippen LogP contribution in [-0.2, 0) is 9.53 Å². The van der Waals surface area contributed by atoms with Crippen molar-refractivity contribution < 1.29 is 18.3 Å². The van der Waals surface area contributed by atoms with Crippen LogP contribution >= 0.6 is 11.6 Å². The fraction of sp³-hybridized carbons (Fsp3) is 0.500. The predicted octanol–water partition coefficient (Wildman–Crippen LogP) is 3.76. The number of carbonyl (C=O) groups excluding carboxylic acids is 1. The van der Waals surface area contributed by atoms with Crippen LogP contribution in [0.25, 0.3) is 0 Å². The zero-order valence-corrected chi connectivity index (χ0v) is 11.9. The van der Waals surface area contributed by atoms with Crippen LogP contribution in [0.1, 0.15) is 25.7 Å². The van der Waals surface area contributed by atoms with E-state index in [4.69, 9.17) is 16.3 Å². The number of ether oxygens (including phenoxy) is 1. The first-order valence-corrected chi connectivity index (χ1v) is 6.81. The third-order valence-corrected chi connectivity index (χ3v) is 4.15. The van der Waals surface area contributed by atoms with Crippen molar-refractivity contribution in [3.05, 3.63) is 28.8 Å². The fourth-order valence-corrected chi connectivity index (χ4v) is 2.56. The van der Waals surface area contributed by atoms with E-state index in [-0.39, 0.29) is 16.6 Å². The van der Waals surface area contributed by atoms with E-state index < -0.39 is 17.0 Å². The zero-order valence-electron chi connectivity index (χ0n) is 11.1. The van der Waals surface area contributed by atoms with Crippen molar-refractivity contribution in [2.75, 3.05) is 19.0 Å². The summed E-state index contributed by atoms with van der Waals surface area (Å²) in [6.07, 6.45) is 3.12. The summed E-state index contributed by atoms with van der Waals surface area (Å²) in [5.74, 6) is -2.29. The molecule has 0 aromatic heterocycles. The molecule has 1 N–H and O–H groups in total. The maximum absolute atomic E-state index is 13.2. The summed E-state index contributed by atoms with van der Waals surface area (Å²) in [7, 11) is 1.58. The first-order valence-electron chi connectivity index (χ1n) is 6.43. The molecule has 1 aliphatic rings. The van der Waals surface area contributed by atoms with Crippen molar-refractivity contribution in [2.45, 2.75) is 25.7 Å². The molecule has 0 unspecified atom stereocenters. The Morgan fingerprint density at radius 1 is 1.40 bits per heavy atom. The Balaban J connectivity index is 2.13. The summed E-state index contributed by atoms with van der Waals surface area (Å²) in [5.41, 5.74) is -0.385. The van der Waals surface area contributed by atoms with Crippen molar-refractivity contribution in [3.63, 3.8) is 0 Å². The van der Waals surface area contributed by atoms with Crippen LogP contribution in [0.2, 0.25) is 5.02 Å². The minimum atomic E-state index is -1.04. The summed E-state index contributed by atoms with van der Waals surface area (Å²) in [6.45, 7) is 0.485. The molecule has 20 heavy (non-hydrogen) atoms. The number of benzene rings is 1. The highest BCUT2D eigenvalue weighted by Gasteiger charge is 2.43. The van der Waals surface area contributed by atoms with Gasteiger partial charge in [0.05, 0.1) is 16.1 Å². The van der Waals surface area contributed by atoms with Crippen molar-refractivity contribution in [1.29, 1.82) is 0 Å². The molecule has 1 aromatic rings. The first kappa shape index (κ1) is 15.2. The molecule has 1 saturated carbocycles. The Morgan fingerprint density at radius 3 is 2.60 bits per heavy atom. The lowest BCUT2D eigenvalue weighted by Crippen LogP contribution is -2.42. The van der Waals surface area contributed by atoms with E-state index in [1.165, 1.54) is 0 Å². The fourth-order valence-electron chi connectivity index (χ4n) is 2.36. The van der Waals surface area contributed by atoms with Crippen LogP contribution in [0.15, 0.2) is 12.1 Å². The van der Waals surface area contributed by atoms with Crippen LogP contribution in [0, 0.1) is 17.0 Å². The quantitative estimate of drug-likeness (QED) is 0.841. The van der Waals surface area contributed by atoms with E-state index in [1.54, 1.807) is 7.11 Å². The Labute approximate surface area is 121 Å². The molecule has 1 aliphatic carbocycles. The van der Waals surface area contributed by atoms with Gasteiger partial charge < -0.3 is 10.1 Å². The summed E-state index contributed by atoms with van der Waals surface area (Å²) in [6, 6.07) is 1.76. The average Bonchev–Trinajstić information content (AvgIpc) is 2.35. The minimum absolute atomic E-state index is 0.0153. The lowest BCUT2D eigenvalue weighted by molar-refractivity contribution is -0.131. The molecule has 3 nitrogen and oxygen atoms in total. The zero-order chi connectivity index (χ0) is 14.8. The lowest BCUT2D eigenvalue weighted by atomic mass is 9.66. The smallest absolute Gasteiger partial charge is 0.230 e. The molecule has 2 rings (SSSR count). The molecule has 6 heteroatoms. The maximum Gasteiger partial charge on any atom is 0.230 e. The highest BCUT2D eigenvalue weighted by molar-refractivity contribution is 6.33. The molecule has 0 aliphatic heterocycles. The summed E-state index contributed by atoms with van der Waals surface area (Å²) in [4.78, 5) is 12.3. The number of halogens is 3. The minimum Gasteiger partial charge on any atom is -0.385 e. The van der Waals surface area contributed by atoms with Crippen LogP contribution in [0.3, 0.4) is 0 Å². The number of nitrogens with one attached hydrogen (secondary N) is 1. The summed E-state index contributed by atoms with van der Waals surface area (Å²) < 4.78 is 31.2. The number of methoxy groups -OCH3 is 1. The molecular weight excluding hydrogens is 288 g/mol. The summed E-state index contributed by atoms with van der Waals surface area (Å²) in [5, 5.41) is 2.58. The van der Waals surface area contributed by atoms with Gasteiger partial charge in [-0.2, -0.15) is 0 Å². The number of rotatable bonds is 5. The second-order valence-electron chi connectivity index (χ2n) is 5.08. The van der Waals surface area contributed by atoms with Gasteiger partial charge in [0.2, 0.25) is 5.91 Å². The van der Waals surface area contributed by atoms with Gasteiger partial charge in [-0.1, -0.05) is 18.0 Å². The third kappa shape index (κ3) is 2.94. The van der Waals surface area contributed by atoms with Crippen LogP contribution in [-0.4, -0.2) is 19.6 Å². The van der Waals surface area contributed by atoms with Gasteiger partial charge in [0.15, 0.2) is 11.6 Å². The van der Waals surface area contributed by atoms with Crippen LogP contribution in [0.5, 0.6) is 0 Å². The number of carbonyl (C=O) groups is 1. The van der Waals surface area contributed by atoms with E-state index in [9.17, 15) is 13.6 Å². The molecule has 0 spiro atoms. The topological polar surface area (TPSA) is 38.3 Å². The first-order chi connectivity index (χ1) is 9.48. The second kappa shape index (κ2) is 6.06. The number of amides is 1. The highest BCUT2D eigenvalue weighted by atomic mass is 35.5.